The number of hydrogen-bond acceptors (Lipinski definition) is 6. The zero-order valence-corrected chi connectivity index (χ0v) is 11.7. The van der Waals surface area contributed by atoms with Crippen LogP contribution < -0.4 is 5.32 Å². The molecule has 0 radical (unpaired) electrons. The highest BCUT2D eigenvalue weighted by Gasteiger charge is 2.22. The molecule has 2 N–H and O–H groups in total. The summed E-state index contributed by atoms with van der Waals surface area (Å²) in [7, 11) is 0. The lowest BCUT2D eigenvalue weighted by atomic mass is 10.1. The number of nitrogens with zero attached hydrogens (tertiary/aromatic N) is 3. The van der Waals surface area contributed by atoms with E-state index in [4.69, 9.17) is 0 Å². The van der Waals surface area contributed by atoms with Gasteiger partial charge in [0.15, 0.2) is 0 Å². The maximum atomic E-state index is 9.50. The lowest BCUT2D eigenvalue weighted by molar-refractivity contribution is 0.117. The molecule has 18 heavy (non-hydrogen) atoms. The third-order valence-electron chi connectivity index (χ3n) is 3.46. The van der Waals surface area contributed by atoms with Gasteiger partial charge in [-0.2, -0.15) is 0 Å². The molecule has 1 atom stereocenters. The second kappa shape index (κ2) is 7.01. The summed E-state index contributed by atoms with van der Waals surface area (Å²) in [4.78, 5) is 2.35. The third kappa shape index (κ3) is 3.40. The minimum atomic E-state index is 0.244. The predicted octanol–water partition coefficient (Wildman–Crippen LogP) is 1.71. The summed E-state index contributed by atoms with van der Waals surface area (Å²) in [5, 5.41) is 18.1. The molecule has 0 spiro atoms. The van der Waals surface area contributed by atoms with Crippen molar-refractivity contribution in [3.63, 3.8) is 0 Å². The van der Waals surface area contributed by atoms with Crippen LogP contribution >= 0.6 is 11.5 Å². The van der Waals surface area contributed by atoms with Crippen LogP contribution in [0.15, 0.2) is 0 Å². The topological polar surface area (TPSA) is 61.3 Å². The molecule has 0 aliphatic carbocycles. The van der Waals surface area contributed by atoms with Crippen LogP contribution in [0.5, 0.6) is 0 Å². The Hall–Kier alpha value is -0.720. The van der Waals surface area contributed by atoms with E-state index in [-0.39, 0.29) is 12.6 Å². The van der Waals surface area contributed by atoms with Gasteiger partial charge in [0.1, 0.15) is 10.7 Å². The summed E-state index contributed by atoms with van der Waals surface area (Å²) in [5.41, 5.74) is 1.02. The number of aromatic nitrogens is 2. The number of rotatable bonds is 5. The van der Waals surface area contributed by atoms with Crippen molar-refractivity contribution >= 4 is 16.5 Å². The normalized spacial score (nSPS) is 21.8. The molecule has 1 unspecified atom stereocenters. The summed E-state index contributed by atoms with van der Waals surface area (Å²) in [6, 6.07) is 0.281. The van der Waals surface area contributed by atoms with Crippen molar-refractivity contribution in [2.24, 2.45) is 0 Å². The Labute approximate surface area is 112 Å². The molecule has 0 amide bonds. The first kappa shape index (κ1) is 13.7. The zero-order valence-electron chi connectivity index (χ0n) is 10.9. The highest BCUT2D eigenvalue weighted by molar-refractivity contribution is 7.10. The van der Waals surface area contributed by atoms with Crippen molar-refractivity contribution < 1.29 is 5.11 Å². The average Bonchev–Trinajstić information content (AvgIpc) is 2.68. The maximum absolute atomic E-state index is 9.50. The Bertz CT molecular complexity index is 358. The fraction of sp³-hybridized carbons (Fsp3) is 0.833. The van der Waals surface area contributed by atoms with E-state index >= 15 is 0 Å². The third-order valence-corrected chi connectivity index (χ3v) is 4.18. The van der Waals surface area contributed by atoms with Crippen molar-refractivity contribution in [2.45, 2.75) is 45.2 Å². The standard InChI is InChI=1S/C12H22N4OS/c1-2-13-12-11(14-15-18-12)8-16-7-5-3-4-6-10(16)9-17/h10,13,17H,2-9H2,1H3. The van der Waals surface area contributed by atoms with Crippen molar-refractivity contribution in [1.82, 2.24) is 14.5 Å². The summed E-state index contributed by atoms with van der Waals surface area (Å²) in [6.45, 7) is 5.05. The minimum Gasteiger partial charge on any atom is -0.395 e. The van der Waals surface area contributed by atoms with Gasteiger partial charge in [-0.25, -0.2) is 0 Å². The Morgan fingerprint density at radius 1 is 1.44 bits per heavy atom. The first-order valence-corrected chi connectivity index (χ1v) is 7.52. The highest BCUT2D eigenvalue weighted by Crippen LogP contribution is 2.23. The predicted molar refractivity (Wildman–Crippen MR) is 73.8 cm³/mol. The van der Waals surface area contributed by atoms with Crippen molar-refractivity contribution in [2.75, 3.05) is 25.0 Å². The van der Waals surface area contributed by atoms with E-state index in [0.717, 1.165) is 36.8 Å². The summed E-state index contributed by atoms with van der Waals surface area (Å²) >= 11 is 1.42. The summed E-state index contributed by atoms with van der Waals surface area (Å²) in [5.74, 6) is 0. The largest absolute Gasteiger partial charge is 0.395 e. The Balaban J connectivity index is 2.03. The van der Waals surface area contributed by atoms with Crippen LogP contribution in [0, 0.1) is 0 Å². The molecule has 1 aromatic rings. The molecule has 102 valence electrons. The zero-order chi connectivity index (χ0) is 12.8. The maximum Gasteiger partial charge on any atom is 0.134 e. The van der Waals surface area contributed by atoms with Crippen LogP contribution in [0.1, 0.15) is 38.3 Å². The highest BCUT2D eigenvalue weighted by atomic mass is 32.1. The molecule has 0 bridgehead atoms. The molecule has 0 aromatic carbocycles. The van der Waals surface area contributed by atoms with E-state index in [2.05, 4.69) is 26.7 Å². The molecule has 1 saturated heterocycles. The monoisotopic (exact) mass is 270 g/mol. The van der Waals surface area contributed by atoms with Crippen molar-refractivity contribution in [1.29, 1.82) is 0 Å². The average molecular weight is 270 g/mol. The number of aliphatic hydroxyl groups is 1. The molecular weight excluding hydrogens is 248 g/mol. The second-order valence-corrected chi connectivity index (χ2v) is 5.49. The molecule has 2 rings (SSSR count). The molecule has 5 nitrogen and oxygen atoms in total. The Morgan fingerprint density at radius 2 is 2.33 bits per heavy atom. The quantitative estimate of drug-likeness (QED) is 0.853. The van der Waals surface area contributed by atoms with Crippen molar-refractivity contribution in [3.8, 4) is 0 Å². The van der Waals surface area contributed by atoms with Gasteiger partial charge in [-0.15, -0.1) is 5.10 Å². The van der Waals surface area contributed by atoms with E-state index in [1.165, 1.54) is 30.8 Å². The smallest absolute Gasteiger partial charge is 0.134 e. The van der Waals surface area contributed by atoms with E-state index in [0.29, 0.717) is 0 Å². The molecule has 1 aliphatic rings. The van der Waals surface area contributed by atoms with Gasteiger partial charge in [-0.05, 0) is 26.3 Å². The van der Waals surface area contributed by atoms with E-state index in [9.17, 15) is 5.11 Å². The van der Waals surface area contributed by atoms with E-state index < -0.39 is 0 Å². The van der Waals surface area contributed by atoms with E-state index in [1.54, 1.807) is 0 Å². The molecular formula is C12H22N4OS. The van der Waals surface area contributed by atoms with Crippen LogP contribution in [0.4, 0.5) is 5.00 Å². The first-order valence-electron chi connectivity index (χ1n) is 6.75. The molecule has 2 heterocycles. The summed E-state index contributed by atoms with van der Waals surface area (Å²) in [6.07, 6.45) is 4.79. The van der Waals surface area contributed by atoms with Gasteiger partial charge in [-0.1, -0.05) is 17.3 Å². The number of nitrogens with one attached hydrogen (secondary N) is 1. The molecule has 6 heteroatoms. The van der Waals surface area contributed by atoms with Crippen LogP contribution in [0.3, 0.4) is 0 Å². The number of likely N-dealkylation sites (tertiary alicyclic amines) is 1. The van der Waals surface area contributed by atoms with Gasteiger partial charge in [0, 0.05) is 30.7 Å². The number of hydrogen-bond donors (Lipinski definition) is 2. The van der Waals surface area contributed by atoms with E-state index in [1.807, 2.05) is 0 Å². The fourth-order valence-electron chi connectivity index (χ4n) is 2.45. The minimum absolute atomic E-state index is 0.244. The SMILES string of the molecule is CCNc1snnc1CN1CCCCCC1CO. The lowest BCUT2D eigenvalue weighted by Gasteiger charge is -2.27. The molecule has 0 saturated carbocycles. The summed E-state index contributed by atoms with van der Waals surface area (Å²) < 4.78 is 4.02. The molecule has 1 aromatic heterocycles. The van der Waals surface area contributed by atoms with Gasteiger partial charge in [0.2, 0.25) is 0 Å². The van der Waals surface area contributed by atoms with Gasteiger partial charge < -0.3 is 10.4 Å². The Kier molecular flexibility index (Phi) is 5.34. The van der Waals surface area contributed by atoms with Crippen LogP contribution in [0.2, 0.25) is 0 Å². The molecule has 1 aliphatic heterocycles. The second-order valence-electron chi connectivity index (χ2n) is 4.74. The lowest BCUT2D eigenvalue weighted by Crippen LogP contribution is -2.37. The first-order chi connectivity index (χ1) is 8.85. The Morgan fingerprint density at radius 3 is 3.11 bits per heavy atom. The number of anilines is 1. The van der Waals surface area contributed by atoms with Gasteiger partial charge >= 0.3 is 0 Å². The van der Waals surface area contributed by atoms with Crippen LogP contribution in [0.25, 0.3) is 0 Å². The van der Waals surface area contributed by atoms with Gasteiger partial charge in [0.25, 0.3) is 0 Å². The van der Waals surface area contributed by atoms with Gasteiger partial charge in [0.05, 0.1) is 6.61 Å². The fourth-order valence-corrected chi connectivity index (χ4v) is 3.09. The van der Waals surface area contributed by atoms with Gasteiger partial charge in [-0.3, -0.25) is 4.90 Å². The van der Waals surface area contributed by atoms with Crippen molar-refractivity contribution in [3.05, 3.63) is 5.69 Å². The molecule has 1 fully saturated rings. The van der Waals surface area contributed by atoms with Crippen LogP contribution in [-0.4, -0.2) is 45.3 Å². The number of aliphatic hydroxyl groups excluding tert-OH is 1. The van der Waals surface area contributed by atoms with Crippen LogP contribution in [-0.2, 0) is 6.54 Å².